The number of nitrogens with one attached hydrogen (secondary N) is 2. The lowest BCUT2D eigenvalue weighted by molar-refractivity contribution is 0.628. The van der Waals surface area contributed by atoms with E-state index in [2.05, 4.69) is 15.5 Å². The van der Waals surface area contributed by atoms with Crippen LogP contribution in [0.25, 0.3) is 11.3 Å². The van der Waals surface area contributed by atoms with Gasteiger partial charge in [-0.3, -0.25) is 5.10 Å². The van der Waals surface area contributed by atoms with Crippen LogP contribution in [0.1, 0.15) is 12.8 Å². The van der Waals surface area contributed by atoms with Gasteiger partial charge in [-0.25, -0.2) is 4.39 Å². The third-order valence-electron chi connectivity index (χ3n) is 2.74. The van der Waals surface area contributed by atoms with Crippen molar-refractivity contribution in [2.24, 2.45) is 0 Å². The number of nitrogens with zero attached hydrogens (tertiary/aromatic N) is 1. The van der Waals surface area contributed by atoms with Crippen LogP contribution >= 0.6 is 11.6 Å². The molecule has 3 rings (SSSR count). The number of rotatable bonds is 3. The molecule has 1 aromatic carbocycles. The highest BCUT2D eigenvalue weighted by Gasteiger charge is 2.21. The number of anilines is 1. The van der Waals surface area contributed by atoms with Gasteiger partial charge < -0.3 is 5.32 Å². The molecule has 0 atom stereocenters. The first kappa shape index (κ1) is 10.6. The Balaban J connectivity index is 1.86. The van der Waals surface area contributed by atoms with Gasteiger partial charge in [0.05, 0.1) is 10.7 Å². The fourth-order valence-electron chi connectivity index (χ4n) is 1.64. The smallest absolute Gasteiger partial charge is 0.148 e. The van der Waals surface area contributed by atoms with Crippen LogP contribution in [0, 0.1) is 5.82 Å². The number of halogens is 2. The first-order chi connectivity index (χ1) is 8.22. The van der Waals surface area contributed by atoms with Crippen LogP contribution in [0.3, 0.4) is 0 Å². The Bertz CT molecular complexity index is 548. The van der Waals surface area contributed by atoms with E-state index in [0.29, 0.717) is 6.04 Å². The van der Waals surface area contributed by atoms with E-state index in [-0.39, 0.29) is 5.02 Å². The summed E-state index contributed by atoms with van der Waals surface area (Å²) < 4.78 is 13.0. The van der Waals surface area contributed by atoms with Gasteiger partial charge in [-0.15, -0.1) is 0 Å². The Morgan fingerprint density at radius 1 is 1.35 bits per heavy atom. The zero-order chi connectivity index (χ0) is 11.8. The maximum Gasteiger partial charge on any atom is 0.148 e. The Labute approximate surface area is 103 Å². The molecule has 5 heteroatoms. The van der Waals surface area contributed by atoms with Crippen LogP contribution in [-0.4, -0.2) is 16.2 Å². The summed E-state index contributed by atoms with van der Waals surface area (Å²) >= 11 is 5.74. The van der Waals surface area contributed by atoms with Gasteiger partial charge in [0.2, 0.25) is 0 Å². The van der Waals surface area contributed by atoms with E-state index in [4.69, 9.17) is 11.6 Å². The molecule has 2 aromatic rings. The van der Waals surface area contributed by atoms with Crippen LogP contribution < -0.4 is 5.32 Å². The van der Waals surface area contributed by atoms with Gasteiger partial charge in [0.25, 0.3) is 0 Å². The van der Waals surface area contributed by atoms with Crippen molar-refractivity contribution in [3.05, 3.63) is 35.1 Å². The quantitative estimate of drug-likeness (QED) is 0.877. The molecule has 0 unspecified atom stereocenters. The highest BCUT2D eigenvalue weighted by atomic mass is 35.5. The summed E-state index contributed by atoms with van der Waals surface area (Å²) in [5, 5.41) is 10.5. The second kappa shape index (κ2) is 4.04. The van der Waals surface area contributed by atoms with E-state index in [0.717, 1.165) is 17.1 Å². The van der Waals surface area contributed by atoms with Crippen molar-refractivity contribution in [2.45, 2.75) is 18.9 Å². The summed E-state index contributed by atoms with van der Waals surface area (Å²) in [6.07, 6.45) is 2.40. The molecule has 1 heterocycles. The van der Waals surface area contributed by atoms with Gasteiger partial charge in [0, 0.05) is 17.7 Å². The monoisotopic (exact) mass is 251 g/mol. The molecule has 1 aliphatic rings. The molecular weight excluding hydrogens is 241 g/mol. The molecule has 1 aliphatic carbocycles. The molecule has 0 amide bonds. The maximum atomic E-state index is 13.0. The number of benzene rings is 1. The van der Waals surface area contributed by atoms with Crippen LogP contribution in [0.5, 0.6) is 0 Å². The minimum Gasteiger partial charge on any atom is -0.366 e. The third-order valence-corrected chi connectivity index (χ3v) is 3.03. The summed E-state index contributed by atoms with van der Waals surface area (Å²) in [7, 11) is 0. The van der Waals surface area contributed by atoms with Crippen LogP contribution in [-0.2, 0) is 0 Å². The Morgan fingerprint density at radius 2 is 2.18 bits per heavy atom. The van der Waals surface area contributed by atoms with E-state index in [1.807, 2.05) is 6.07 Å². The topological polar surface area (TPSA) is 40.7 Å². The summed E-state index contributed by atoms with van der Waals surface area (Å²) in [6.45, 7) is 0. The normalized spacial score (nSPS) is 14.9. The lowest BCUT2D eigenvalue weighted by Crippen LogP contribution is -2.00. The van der Waals surface area contributed by atoms with Crippen molar-refractivity contribution in [2.75, 3.05) is 5.32 Å². The first-order valence-corrected chi connectivity index (χ1v) is 5.87. The molecule has 1 saturated carbocycles. The second-order valence-electron chi connectivity index (χ2n) is 4.21. The highest BCUT2D eigenvalue weighted by Crippen LogP contribution is 2.27. The standard InChI is InChI=1S/C12H11ClFN3/c13-9-5-7(1-4-10(9)14)11-6-12(17-16-11)15-8-2-3-8/h1,4-6,8H,2-3H2,(H2,15,16,17). The predicted molar refractivity (Wildman–Crippen MR) is 65.6 cm³/mol. The molecule has 2 N–H and O–H groups in total. The highest BCUT2D eigenvalue weighted by molar-refractivity contribution is 6.31. The number of aromatic nitrogens is 2. The van der Waals surface area contributed by atoms with E-state index in [9.17, 15) is 4.39 Å². The summed E-state index contributed by atoms with van der Waals surface area (Å²) in [5.74, 6) is 0.411. The largest absolute Gasteiger partial charge is 0.366 e. The Kier molecular flexibility index (Phi) is 2.52. The molecule has 3 nitrogen and oxygen atoms in total. The molecule has 17 heavy (non-hydrogen) atoms. The first-order valence-electron chi connectivity index (χ1n) is 5.50. The third kappa shape index (κ3) is 2.26. The molecule has 1 fully saturated rings. The van der Waals surface area contributed by atoms with Gasteiger partial charge in [0.15, 0.2) is 0 Å². The minimum absolute atomic E-state index is 0.119. The van der Waals surface area contributed by atoms with E-state index in [1.54, 1.807) is 12.1 Å². The van der Waals surface area contributed by atoms with Crippen molar-refractivity contribution < 1.29 is 4.39 Å². The number of hydrogen-bond acceptors (Lipinski definition) is 2. The van der Waals surface area contributed by atoms with Crippen LogP contribution in [0.15, 0.2) is 24.3 Å². The van der Waals surface area contributed by atoms with E-state index >= 15 is 0 Å². The van der Waals surface area contributed by atoms with E-state index in [1.165, 1.54) is 18.9 Å². The van der Waals surface area contributed by atoms with E-state index < -0.39 is 5.82 Å². The van der Waals surface area contributed by atoms with Crippen LogP contribution in [0.4, 0.5) is 10.2 Å². The fraction of sp³-hybridized carbons (Fsp3) is 0.250. The van der Waals surface area contributed by atoms with Crippen molar-refractivity contribution in [1.82, 2.24) is 10.2 Å². The predicted octanol–water partition coefficient (Wildman–Crippen LogP) is 3.44. The Hall–Kier alpha value is -1.55. The zero-order valence-corrected chi connectivity index (χ0v) is 9.76. The molecule has 0 aliphatic heterocycles. The van der Waals surface area contributed by atoms with Crippen molar-refractivity contribution in [3.63, 3.8) is 0 Å². The number of hydrogen-bond donors (Lipinski definition) is 2. The molecule has 1 aromatic heterocycles. The second-order valence-corrected chi connectivity index (χ2v) is 4.62. The van der Waals surface area contributed by atoms with Gasteiger partial charge in [-0.1, -0.05) is 11.6 Å². The summed E-state index contributed by atoms with van der Waals surface area (Å²) in [5.41, 5.74) is 1.66. The Morgan fingerprint density at radius 3 is 2.88 bits per heavy atom. The van der Waals surface area contributed by atoms with Crippen LogP contribution in [0.2, 0.25) is 5.02 Å². The van der Waals surface area contributed by atoms with Crippen molar-refractivity contribution >= 4 is 17.4 Å². The average Bonchev–Trinajstić information content (AvgIpc) is 2.99. The summed E-state index contributed by atoms with van der Waals surface area (Å²) in [4.78, 5) is 0. The van der Waals surface area contributed by atoms with Crippen molar-refractivity contribution in [3.8, 4) is 11.3 Å². The molecule has 88 valence electrons. The molecule has 0 saturated heterocycles. The van der Waals surface area contributed by atoms with Crippen molar-refractivity contribution in [1.29, 1.82) is 0 Å². The molecule has 0 spiro atoms. The molecule has 0 bridgehead atoms. The lowest BCUT2D eigenvalue weighted by Gasteiger charge is -1.99. The lowest BCUT2D eigenvalue weighted by atomic mass is 10.1. The average molecular weight is 252 g/mol. The SMILES string of the molecule is Fc1ccc(-c2cc(NC3CC3)n[nH]2)cc1Cl. The maximum absolute atomic E-state index is 13.0. The zero-order valence-electron chi connectivity index (χ0n) is 9.00. The fourth-order valence-corrected chi connectivity index (χ4v) is 1.82. The minimum atomic E-state index is -0.411. The number of aromatic amines is 1. The molecular formula is C12H11ClFN3. The van der Waals surface area contributed by atoms with Gasteiger partial charge in [-0.2, -0.15) is 5.10 Å². The number of H-pyrrole nitrogens is 1. The van der Waals surface area contributed by atoms with Gasteiger partial charge in [0.1, 0.15) is 11.6 Å². The summed E-state index contributed by atoms with van der Waals surface area (Å²) in [6, 6.07) is 7.08. The molecule has 0 radical (unpaired) electrons. The van der Waals surface area contributed by atoms with Gasteiger partial charge >= 0.3 is 0 Å². The van der Waals surface area contributed by atoms with Gasteiger partial charge in [-0.05, 0) is 31.0 Å².